The van der Waals surface area contributed by atoms with Crippen molar-refractivity contribution in [3.8, 4) is 6.07 Å². The van der Waals surface area contributed by atoms with Gasteiger partial charge in [0.05, 0.1) is 11.6 Å². The molecule has 1 aliphatic carbocycles. The standard InChI is InChI=1S/C25H14ClNO3/c26-17-10-11-18-16(14-27)12-22(15-6-2-1-3-7-15)30-25(21(18)13-17)23(28)19-8-4-5-9-20(19)24(25)29/h1-13,22H. The summed E-state index contributed by atoms with van der Waals surface area (Å²) in [7, 11) is 0. The molecule has 1 atom stereocenters. The van der Waals surface area contributed by atoms with Crippen molar-refractivity contribution in [2.45, 2.75) is 11.7 Å². The van der Waals surface area contributed by atoms with Gasteiger partial charge in [0.15, 0.2) is 0 Å². The van der Waals surface area contributed by atoms with E-state index in [2.05, 4.69) is 6.07 Å². The number of benzene rings is 3. The molecule has 0 fully saturated rings. The third kappa shape index (κ3) is 2.50. The Hall–Kier alpha value is -3.52. The quantitative estimate of drug-likeness (QED) is 0.510. The molecular weight excluding hydrogens is 398 g/mol. The van der Waals surface area contributed by atoms with E-state index in [1.807, 2.05) is 30.3 Å². The summed E-state index contributed by atoms with van der Waals surface area (Å²) in [6.07, 6.45) is 0.884. The second-order valence-electron chi connectivity index (χ2n) is 7.22. The van der Waals surface area contributed by atoms with Crippen molar-refractivity contribution in [3.63, 3.8) is 0 Å². The smallest absolute Gasteiger partial charge is 0.220 e. The lowest BCUT2D eigenvalue weighted by atomic mass is 9.84. The fourth-order valence-electron chi connectivity index (χ4n) is 4.19. The largest absolute Gasteiger partial charge is 0.342 e. The number of Topliss-reactive ketones (excluding diaryl/α,β-unsaturated/α-hetero) is 2. The van der Waals surface area contributed by atoms with E-state index < -0.39 is 23.3 Å². The first-order chi connectivity index (χ1) is 14.6. The number of hydrogen-bond acceptors (Lipinski definition) is 4. The van der Waals surface area contributed by atoms with Crippen molar-refractivity contribution in [1.29, 1.82) is 5.26 Å². The van der Waals surface area contributed by atoms with Gasteiger partial charge in [0.1, 0.15) is 6.10 Å². The first-order valence-corrected chi connectivity index (χ1v) is 9.78. The van der Waals surface area contributed by atoms with E-state index in [-0.39, 0.29) is 0 Å². The molecule has 0 bridgehead atoms. The Morgan fingerprint density at radius 1 is 0.867 bits per heavy atom. The number of fused-ring (bicyclic) bond motifs is 3. The molecule has 5 heteroatoms. The molecule has 4 nitrogen and oxygen atoms in total. The minimum atomic E-state index is -1.90. The topological polar surface area (TPSA) is 67.2 Å². The number of carbonyl (C=O) groups excluding carboxylic acids is 2. The Kier molecular flexibility index (Phi) is 4.18. The van der Waals surface area contributed by atoms with E-state index in [1.54, 1.807) is 48.5 Å². The van der Waals surface area contributed by atoms with Gasteiger partial charge in [-0.1, -0.05) is 72.3 Å². The van der Waals surface area contributed by atoms with E-state index in [4.69, 9.17) is 16.3 Å². The first-order valence-electron chi connectivity index (χ1n) is 9.40. The normalized spacial score (nSPS) is 18.9. The van der Waals surface area contributed by atoms with Gasteiger partial charge in [-0.25, -0.2) is 0 Å². The van der Waals surface area contributed by atoms with Gasteiger partial charge in [-0.3, -0.25) is 9.59 Å². The number of rotatable bonds is 1. The first kappa shape index (κ1) is 18.5. The Labute approximate surface area is 178 Å². The lowest BCUT2D eigenvalue weighted by Gasteiger charge is -2.30. The number of carbonyl (C=O) groups is 2. The molecular formula is C25H14ClNO3. The summed E-state index contributed by atoms with van der Waals surface area (Å²) in [5, 5.41) is 10.2. The van der Waals surface area contributed by atoms with Gasteiger partial charge < -0.3 is 4.74 Å². The number of hydrogen-bond donors (Lipinski definition) is 0. The Balaban J connectivity index is 1.83. The SMILES string of the molecule is N#CC1=CC(c2ccccc2)OC2(C(=O)c3ccccc3C2=O)c2cc(Cl)ccc21. The van der Waals surface area contributed by atoms with Crippen molar-refractivity contribution in [3.05, 3.63) is 112 Å². The predicted molar refractivity (Wildman–Crippen MR) is 112 cm³/mol. The highest BCUT2D eigenvalue weighted by Crippen LogP contribution is 2.49. The molecule has 0 amide bonds. The van der Waals surface area contributed by atoms with Crippen LogP contribution in [0.2, 0.25) is 5.02 Å². The van der Waals surface area contributed by atoms with E-state index in [0.717, 1.165) is 5.56 Å². The van der Waals surface area contributed by atoms with Gasteiger partial charge in [0, 0.05) is 21.7 Å². The number of halogens is 1. The third-order valence-corrected chi connectivity index (χ3v) is 5.81. The van der Waals surface area contributed by atoms with Gasteiger partial charge in [-0.15, -0.1) is 0 Å². The Morgan fingerprint density at radius 3 is 2.13 bits per heavy atom. The fourth-order valence-corrected chi connectivity index (χ4v) is 4.36. The van der Waals surface area contributed by atoms with E-state index >= 15 is 0 Å². The molecule has 1 heterocycles. The Morgan fingerprint density at radius 2 is 1.50 bits per heavy atom. The molecule has 3 aromatic rings. The van der Waals surface area contributed by atoms with E-state index in [0.29, 0.717) is 32.8 Å². The zero-order chi connectivity index (χ0) is 20.9. The number of ketones is 2. The molecule has 144 valence electrons. The maximum absolute atomic E-state index is 13.7. The zero-order valence-corrected chi connectivity index (χ0v) is 16.4. The Bertz CT molecular complexity index is 1250. The summed E-state index contributed by atoms with van der Waals surface area (Å²) < 4.78 is 6.38. The highest BCUT2D eigenvalue weighted by Gasteiger charge is 2.58. The van der Waals surface area contributed by atoms with Crippen molar-refractivity contribution >= 4 is 28.7 Å². The molecule has 1 aliphatic heterocycles. The molecule has 0 saturated carbocycles. The number of ether oxygens (including phenoxy) is 1. The van der Waals surface area contributed by atoms with Crippen LogP contribution >= 0.6 is 11.6 Å². The summed E-state index contributed by atoms with van der Waals surface area (Å²) >= 11 is 6.26. The molecule has 1 spiro atoms. The molecule has 3 aromatic carbocycles. The van der Waals surface area contributed by atoms with Crippen molar-refractivity contribution < 1.29 is 14.3 Å². The van der Waals surface area contributed by atoms with Crippen LogP contribution in [0.25, 0.3) is 5.57 Å². The second-order valence-corrected chi connectivity index (χ2v) is 7.65. The maximum Gasteiger partial charge on any atom is 0.220 e. The van der Waals surface area contributed by atoms with Crippen LogP contribution in [0.1, 0.15) is 43.5 Å². The number of nitrogens with zero attached hydrogens (tertiary/aromatic N) is 1. The summed E-state index contributed by atoms with van der Waals surface area (Å²) in [6.45, 7) is 0. The van der Waals surface area contributed by atoms with Gasteiger partial charge in [-0.2, -0.15) is 5.26 Å². The molecule has 5 rings (SSSR count). The molecule has 1 unspecified atom stereocenters. The van der Waals surface area contributed by atoms with E-state index in [1.165, 1.54) is 0 Å². The van der Waals surface area contributed by atoms with Gasteiger partial charge in [-0.05, 0) is 29.3 Å². The highest BCUT2D eigenvalue weighted by molar-refractivity contribution is 6.33. The summed E-state index contributed by atoms with van der Waals surface area (Å²) in [6, 6.07) is 22.9. The van der Waals surface area contributed by atoms with Crippen LogP contribution in [-0.2, 0) is 10.3 Å². The number of allylic oxidation sites excluding steroid dienone is 1. The fraction of sp³-hybridized carbons (Fsp3) is 0.0800. The third-order valence-electron chi connectivity index (χ3n) is 5.58. The number of nitriles is 1. The molecule has 0 radical (unpaired) electrons. The van der Waals surface area contributed by atoms with Gasteiger partial charge in [0.25, 0.3) is 0 Å². The van der Waals surface area contributed by atoms with Gasteiger partial charge in [0.2, 0.25) is 17.2 Å². The van der Waals surface area contributed by atoms with Crippen LogP contribution in [0.4, 0.5) is 0 Å². The van der Waals surface area contributed by atoms with E-state index in [9.17, 15) is 14.9 Å². The van der Waals surface area contributed by atoms with Crippen molar-refractivity contribution in [2.24, 2.45) is 0 Å². The van der Waals surface area contributed by atoms with Crippen LogP contribution in [-0.4, -0.2) is 11.6 Å². The predicted octanol–water partition coefficient (Wildman–Crippen LogP) is 5.29. The van der Waals surface area contributed by atoms with Crippen LogP contribution in [0, 0.1) is 11.3 Å². The lowest BCUT2D eigenvalue weighted by molar-refractivity contribution is -0.0365. The van der Waals surface area contributed by atoms with Crippen LogP contribution in [0.15, 0.2) is 78.9 Å². The molecule has 0 aromatic heterocycles. The average Bonchev–Trinajstić information content (AvgIpc) is 2.91. The van der Waals surface area contributed by atoms with Crippen molar-refractivity contribution in [1.82, 2.24) is 0 Å². The average molecular weight is 412 g/mol. The molecule has 0 N–H and O–H groups in total. The zero-order valence-electron chi connectivity index (χ0n) is 15.6. The van der Waals surface area contributed by atoms with Crippen LogP contribution in [0.3, 0.4) is 0 Å². The van der Waals surface area contributed by atoms with Crippen LogP contribution < -0.4 is 0 Å². The molecule has 30 heavy (non-hydrogen) atoms. The summed E-state index contributed by atoms with van der Waals surface area (Å²) in [4.78, 5) is 27.4. The summed E-state index contributed by atoms with van der Waals surface area (Å²) in [5.41, 5.74) is 0.534. The second kappa shape index (κ2) is 6.77. The molecule has 0 saturated heterocycles. The van der Waals surface area contributed by atoms with Crippen LogP contribution in [0.5, 0.6) is 0 Å². The van der Waals surface area contributed by atoms with Crippen molar-refractivity contribution in [2.75, 3.05) is 0 Å². The monoisotopic (exact) mass is 411 g/mol. The minimum absolute atomic E-state index is 0.299. The highest BCUT2D eigenvalue weighted by atomic mass is 35.5. The van der Waals surface area contributed by atoms with Gasteiger partial charge >= 0.3 is 0 Å². The minimum Gasteiger partial charge on any atom is -0.342 e. The lowest BCUT2D eigenvalue weighted by Crippen LogP contribution is -2.42. The summed E-state index contributed by atoms with van der Waals surface area (Å²) in [5.74, 6) is -0.889. The molecule has 2 aliphatic rings. The maximum atomic E-state index is 13.7.